The largest absolute Gasteiger partial charge is 0.497 e. The molecule has 0 saturated heterocycles. The van der Waals surface area contributed by atoms with Crippen molar-refractivity contribution < 1.29 is 23.9 Å². The molecular weight excluding hydrogens is 428 g/mol. The number of imidazole rings is 1. The van der Waals surface area contributed by atoms with E-state index in [0.29, 0.717) is 17.7 Å². The van der Waals surface area contributed by atoms with Crippen molar-refractivity contribution in [2.24, 2.45) is 0 Å². The molecule has 11 nitrogen and oxygen atoms in total. The zero-order valence-corrected chi connectivity index (χ0v) is 18.5. The average Bonchev–Trinajstić information content (AvgIpc) is 3.32. The number of ketones is 1. The van der Waals surface area contributed by atoms with E-state index >= 15 is 0 Å². The highest BCUT2D eigenvalue weighted by Crippen LogP contribution is 2.11. The summed E-state index contributed by atoms with van der Waals surface area (Å²) in [4.78, 5) is 55.7. The minimum atomic E-state index is -1.03. The van der Waals surface area contributed by atoms with E-state index in [9.17, 15) is 19.2 Å². The molecule has 2 aromatic rings. The van der Waals surface area contributed by atoms with Crippen LogP contribution in [0.5, 0.6) is 5.75 Å². The van der Waals surface area contributed by atoms with Crippen molar-refractivity contribution in [2.75, 3.05) is 7.11 Å². The third-order valence-corrected chi connectivity index (χ3v) is 4.76. The minimum Gasteiger partial charge on any atom is -0.497 e. The number of benzene rings is 1. The highest BCUT2D eigenvalue weighted by molar-refractivity contribution is 6.26. The van der Waals surface area contributed by atoms with Gasteiger partial charge in [0.05, 0.1) is 25.3 Å². The Hall–Kier alpha value is -4.02. The molecule has 0 fully saturated rings. The molecule has 0 radical (unpaired) electrons. The Kier molecular flexibility index (Phi) is 9.75. The maximum atomic E-state index is 12.9. The molecule has 1 heterocycles. The third kappa shape index (κ3) is 8.56. The Morgan fingerprint density at radius 2 is 1.85 bits per heavy atom. The maximum Gasteiger partial charge on any atom is 0.243 e. The van der Waals surface area contributed by atoms with Crippen molar-refractivity contribution in [1.29, 1.82) is 5.41 Å². The summed E-state index contributed by atoms with van der Waals surface area (Å²) in [5, 5.41) is 15.0. The number of aromatic amines is 1. The molecule has 0 aliphatic rings. The zero-order chi connectivity index (χ0) is 24.2. The molecule has 0 bridgehead atoms. The second-order valence-electron chi connectivity index (χ2n) is 7.29. The van der Waals surface area contributed by atoms with Gasteiger partial charge < -0.3 is 31.1 Å². The number of rotatable bonds is 13. The van der Waals surface area contributed by atoms with E-state index in [2.05, 4.69) is 25.9 Å². The molecule has 2 atom stereocenters. The Morgan fingerprint density at radius 1 is 1.12 bits per heavy atom. The lowest BCUT2D eigenvalue weighted by molar-refractivity contribution is -0.132. The molecule has 176 valence electrons. The van der Waals surface area contributed by atoms with Crippen LogP contribution in [-0.2, 0) is 32.1 Å². The first kappa shape index (κ1) is 25.2. The van der Waals surface area contributed by atoms with Crippen molar-refractivity contribution in [3.05, 3.63) is 48.0 Å². The van der Waals surface area contributed by atoms with E-state index in [4.69, 9.17) is 10.1 Å². The van der Waals surface area contributed by atoms with Gasteiger partial charge in [-0.1, -0.05) is 12.1 Å². The molecule has 0 unspecified atom stereocenters. The summed E-state index contributed by atoms with van der Waals surface area (Å²) < 4.78 is 5.11. The third-order valence-electron chi connectivity index (χ3n) is 4.76. The van der Waals surface area contributed by atoms with Crippen LogP contribution in [0.1, 0.15) is 31.0 Å². The Bertz CT molecular complexity index is 958. The number of Topliss-reactive ketones (excluding diaryl/α,β-unsaturated/α-hetero) is 1. The Balaban J connectivity index is 2.07. The number of amides is 3. The number of carbonyl (C=O) groups excluding carboxylic acids is 4. The first-order valence-corrected chi connectivity index (χ1v) is 10.3. The molecule has 0 aliphatic heterocycles. The normalized spacial score (nSPS) is 12.2. The number of methoxy groups -OCH3 is 1. The van der Waals surface area contributed by atoms with E-state index in [0.717, 1.165) is 5.56 Å². The second kappa shape index (κ2) is 12.7. The van der Waals surface area contributed by atoms with Crippen LogP contribution in [0.4, 0.5) is 0 Å². The number of nitrogens with zero attached hydrogens (tertiary/aromatic N) is 1. The first-order valence-electron chi connectivity index (χ1n) is 10.3. The Labute approximate surface area is 191 Å². The molecular formula is C22H28N6O5. The van der Waals surface area contributed by atoms with Crippen molar-refractivity contribution in [3.63, 3.8) is 0 Å². The van der Waals surface area contributed by atoms with Gasteiger partial charge in [0, 0.05) is 32.5 Å². The monoisotopic (exact) mass is 456 g/mol. The fourth-order valence-corrected chi connectivity index (χ4v) is 3.02. The van der Waals surface area contributed by atoms with Crippen molar-refractivity contribution in [3.8, 4) is 5.75 Å². The van der Waals surface area contributed by atoms with Crippen LogP contribution < -0.4 is 20.7 Å². The number of aromatic nitrogens is 2. The summed E-state index contributed by atoms with van der Waals surface area (Å²) >= 11 is 0. The SMILES string of the molecule is COc1ccc(CNC(=O)[C@H](CCC(=O)C=N)NC(=O)[C@H](Cc2c[nH]cn2)NC(C)=O)cc1. The average molecular weight is 457 g/mol. The van der Waals surface area contributed by atoms with Crippen LogP contribution in [0.25, 0.3) is 0 Å². The van der Waals surface area contributed by atoms with Gasteiger partial charge in [-0.3, -0.25) is 19.2 Å². The second-order valence-corrected chi connectivity index (χ2v) is 7.29. The van der Waals surface area contributed by atoms with E-state index in [1.54, 1.807) is 37.6 Å². The summed E-state index contributed by atoms with van der Waals surface area (Å²) in [6, 6.07) is 5.12. The fraction of sp³-hybridized carbons (Fsp3) is 0.364. The highest BCUT2D eigenvalue weighted by atomic mass is 16.5. The molecule has 33 heavy (non-hydrogen) atoms. The predicted octanol–water partition coefficient (Wildman–Crippen LogP) is 0.266. The summed E-state index contributed by atoms with van der Waals surface area (Å²) in [6.45, 7) is 1.49. The zero-order valence-electron chi connectivity index (χ0n) is 18.5. The fourth-order valence-electron chi connectivity index (χ4n) is 3.02. The van der Waals surface area contributed by atoms with Crippen LogP contribution in [0, 0.1) is 5.41 Å². The molecule has 0 aliphatic carbocycles. The lowest BCUT2D eigenvalue weighted by atomic mass is 10.1. The highest BCUT2D eigenvalue weighted by Gasteiger charge is 2.27. The molecule has 3 amide bonds. The van der Waals surface area contributed by atoms with Gasteiger partial charge in [-0.2, -0.15) is 0 Å². The summed E-state index contributed by atoms with van der Waals surface area (Å²) in [6.07, 6.45) is 3.76. The van der Waals surface area contributed by atoms with Gasteiger partial charge in [0.15, 0.2) is 5.78 Å². The van der Waals surface area contributed by atoms with E-state index in [1.807, 2.05) is 0 Å². The number of ether oxygens (including phenoxy) is 1. The van der Waals surface area contributed by atoms with E-state index < -0.39 is 35.6 Å². The van der Waals surface area contributed by atoms with Crippen LogP contribution in [0.15, 0.2) is 36.8 Å². The molecule has 1 aromatic carbocycles. The number of nitrogens with one attached hydrogen (secondary N) is 5. The van der Waals surface area contributed by atoms with Gasteiger partial charge in [0.2, 0.25) is 17.7 Å². The van der Waals surface area contributed by atoms with Crippen molar-refractivity contribution >= 4 is 29.7 Å². The predicted molar refractivity (Wildman–Crippen MR) is 120 cm³/mol. The van der Waals surface area contributed by atoms with Gasteiger partial charge in [0.25, 0.3) is 0 Å². The molecule has 1 aromatic heterocycles. The van der Waals surface area contributed by atoms with Gasteiger partial charge in [-0.05, 0) is 24.1 Å². The number of hydrogen-bond acceptors (Lipinski definition) is 7. The van der Waals surface area contributed by atoms with Gasteiger partial charge in [-0.25, -0.2) is 4.98 Å². The molecule has 0 spiro atoms. The summed E-state index contributed by atoms with van der Waals surface area (Å²) in [7, 11) is 1.56. The molecule has 5 N–H and O–H groups in total. The van der Waals surface area contributed by atoms with Crippen LogP contribution in [0.3, 0.4) is 0 Å². The smallest absolute Gasteiger partial charge is 0.243 e. The van der Waals surface area contributed by atoms with Gasteiger partial charge in [-0.15, -0.1) is 0 Å². The van der Waals surface area contributed by atoms with Crippen molar-refractivity contribution in [1.82, 2.24) is 25.9 Å². The number of hydrogen-bond donors (Lipinski definition) is 5. The molecule has 2 rings (SSSR count). The quantitative estimate of drug-likeness (QED) is 0.271. The molecule has 11 heteroatoms. The standard InChI is InChI=1S/C22H28N6O5/c1-14(29)27-20(9-16-12-24-13-26-16)22(32)28-19(8-5-17(30)10-23)21(31)25-11-15-3-6-18(33-2)7-4-15/h3-4,6-7,10,12-13,19-20,23H,5,8-9,11H2,1-2H3,(H,24,26)(H,25,31)(H,27,29)(H,28,32)/t19-,20-/m0/s1. The summed E-state index contributed by atoms with van der Waals surface area (Å²) in [5.74, 6) is -1.27. The Morgan fingerprint density at radius 3 is 2.42 bits per heavy atom. The summed E-state index contributed by atoms with van der Waals surface area (Å²) in [5.41, 5.74) is 1.38. The lowest BCUT2D eigenvalue weighted by Gasteiger charge is -2.22. The minimum absolute atomic E-state index is 0.00357. The number of carbonyl (C=O) groups is 4. The van der Waals surface area contributed by atoms with Crippen LogP contribution in [-0.4, -0.2) is 58.9 Å². The number of H-pyrrole nitrogens is 1. The van der Waals surface area contributed by atoms with E-state index in [1.165, 1.54) is 13.3 Å². The first-order chi connectivity index (χ1) is 15.8. The van der Waals surface area contributed by atoms with Crippen LogP contribution >= 0.6 is 0 Å². The van der Waals surface area contributed by atoms with E-state index in [-0.39, 0.29) is 25.8 Å². The van der Waals surface area contributed by atoms with Gasteiger partial charge in [0.1, 0.15) is 17.8 Å². The maximum absolute atomic E-state index is 12.9. The molecule has 0 saturated carbocycles. The lowest BCUT2D eigenvalue weighted by Crippen LogP contribution is -2.54. The topological polar surface area (TPSA) is 166 Å². The van der Waals surface area contributed by atoms with Gasteiger partial charge >= 0.3 is 0 Å². The van der Waals surface area contributed by atoms with Crippen LogP contribution in [0.2, 0.25) is 0 Å². The van der Waals surface area contributed by atoms with Crippen molar-refractivity contribution in [2.45, 2.75) is 44.8 Å².